The minimum Gasteiger partial charge on any atom is -0.457 e. The predicted octanol–water partition coefficient (Wildman–Crippen LogP) is 12.3. The standard InChI is InChI=1S/C49H34O/c1-48(37-16-4-2-5-17-37)43-22-12-13-23-46(43)50-47-29-26-36(32-45(47)48)33-24-27-39(28-25-33)49(38-18-6-3-7-19-38)42-21-11-10-20-40(42)41-30-34-14-8-9-15-35(34)31-44(41)49/h2-32H,1H3. The number of ether oxygens (including phenoxy) is 1. The second-order valence-electron chi connectivity index (χ2n) is 13.8. The molecular weight excluding hydrogens is 605 g/mol. The van der Waals surface area contributed by atoms with Crippen LogP contribution in [0, 0.1) is 0 Å². The van der Waals surface area contributed by atoms with Gasteiger partial charge in [0.05, 0.1) is 5.41 Å². The van der Waals surface area contributed by atoms with Crippen molar-refractivity contribution in [2.45, 2.75) is 17.8 Å². The van der Waals surface area contributed by atoms with E-state index >= 15 is 0 Å². The van der Waals surface area contributed by atoms with Gasteiger partial charge in [-0.05, 0) is 98.1 Å². The highest BCUT2D eigenvalue weighted by Gasteiger charge is 2.46. The predicted molar refractivity (Wildman–Crippen MR) is 205 cm³/mol. The molecule has 1 aliphatic heterocycles. The van der Waals surface area contributed by atoms with Gasteiger partial charge in [-0.2, -0.15) is 0 Å². The van der Waals surface area contributed by atoms with E-state index in [-0.39, 0.29) is 5.41 Å². The molecule has 1 heteroatoms. The van der Waals surface area contributed by atoms with E-state index in [0.29, 0.717) is 0 Å². The smallest absolute Gasteiger partial charge is 0.131 e. The van der Waals surface area contributed by atoms with Gasteiger partial charge >= 0.3 is 0 Å². The summed E-state index contributed by atoms with van der Waals surface area (Å²) < 4.78 is 6.53. The molecule has 50 heavy (non-hydrogen) atoms. The molecule has 10 rings (SSSR count). The Balaban J connectivity index is 1.15. The summed E-state index contributed by atoms with van der Waals surface area (Å²) >= 11 is 0. The van der Waals surface area contributed by atoms with Gasteiger partial charge in [-0.15, -0.1) is 0 Å². The average Bonchev–Trinajstić information content (AvgIpc) is 3.47. The van der Waals surface area contributed by atoms with Crippen molar-refractivity contribution in [1.82, 2.24) is 0 Å². The molecule has 0 radical (unpaired) electrons. The summed E-state index contributed by atoms with van der Waals surface area (Å²) in [5, 5.41) is 2.53. The number of hydrogen-bond donors (Lipinski definition) is 0. The van der Waals surface area contributed by atoms with Crippen molar-refractivity contribution in [2.24, 2.45) is 0 Å². The summed E-state index contributed by atoms with van der Waals surface area (Å²) in [6, 6.07) is 68.8. The lowest BCUT2D eigenvalue weighted by molar-refractivity contribution is 0.427. The normalized spacial score (nSPS) is 18.4. The number of para-hydroxylation sites is 1. The minimum atomic E-state index is -0.449. The summed E-state index contributed by atoms with van der Waals surface area (Å²) in [5.41, 5.74) is 13.0. The highest BCUT2D eigenvalue weighted by atomic mass is 16.5. The van der Waals surface area contributed by atoms with Crippen LogP contribution in [0.2, 0.25) is 0 Å². The molecule has 0 saturated carbocycles. The Morgan fingerprint density at radius 2 is 0.920 bits per heavy atom. The minimum absolute atomic E-state index is 0.362. The first-order chi connectivity index (χ1) is 24.7. The molecule has 8 aromatic rings. The van der Waals surface area contributed by atoms with E-state index < -0.39 is 5.41 Å². The van der Waals surface area contributed by atoms with Gasteiger partial charge in [0.2, 0.25) is 0 Å². The third kappa shape index (κ3) is 4.01. The maximum absolute atomic E-state index is 6.53. The Morgan fingerprint density at radius 1 is 0.360 bits per heavy atom. The van der Waals surface area contributed by atoms with E-state index in [9.17, 15) is 0 Å². The van der Waals surface area contributed by atoms with Gasteiger partial charge in [0.25, 0.3) is 0 Å². The van der Waals surface area contributed by atoms with Crippen LogP contribution >= 0.6 is 0 Å². The van der Waals surface area contributed by atoms with Crippen LogP contribution in [0.15, 0.2) is 188 Å². The Kier molecular flexibility index (Phi) is 6.29. The van der Waals surface area contributed by atoms with E-state index in [1.54, 1.807) is 0 Å². The number of hydrogen-bond acceptors (Lipinski definition) is 1. The van der Waals surface area contributed by atoms with Crippen molar-refractivity contribution in [3.05, 3.63) is 227 Å². The number of fused-ring (bicyclic) bond motifs is 6. The Bertz CT molecular complexity index is 2570. The van der Waals surface area contributed by atoms with Crippen LogP contribution in [-0.4, -0.2) is 0 Å². The lowest BCUT2D eigenvalue weighted by atomic mass is 9.67. The van der Waals surface area contributed by atoms with E-state index in [4.69, 9.17) is 4.74 Å². The van der Waals surface area contributed by atoms with Crippen molar-refractivity contribution in [2.75, 3.05) is 0 Å². The largest absolute Gasteiger partial charge is 0.457 e. The molecule has 2 aliphatic rings. The van der Waals surface area contributed by atoms with Crippen molar-refractivity contribution in [3.8, 4) is 33.8 Å². The lowest BCUT2D eigenvalue weighted by Crippen LogP contribution is -2.29. The highest BCUT2D eigenvalue weighted by Crippen LogP contribution is 2.57. The first-order valence-electron chi connectivity index (χ1n) is 17.4. The van der Waals surface area contributed by atoms with Crippen molar-refractivity contribution >= 4 is 10.8 Å². The third-order valence-electron chi connectivity index (χ3n) is 11.3. The van der Waals surface area contributed by atoms with Gasteiger partial charge in [0.15, 0.2) is 0 Å². The van der Waals surface area contributed by atoms with E-state index in [1.807, 2.05) is 0 Å². The average molecular weight is 639 g/mol. The Hall–Kier alpha value is -6.18. The van der Waals surface area contributed by atoms with Gasteiger partial charge in [-0.25, -0.2) is 0 Å². The molecule has 1 aliphatic carbocycles. The van der Waals surface area contributed by atoms with E-state index in [1.165, 1.54) is 72.0 Å². The fourth-order valence-corrected chi connectivity index (χ4v) is 8.86. The molecule has 2 unspecified atom stereocenters. The van der Waals surface area contributed by atoms with Crippen LogP contribution in [0.1, 0.15) is 45.9 Å². The summed E-state index contributed by atoms with van der Waals surface area (Å²) in [4.78, 5) is 0. The summed E-state index contributed by atoms with van der Waals surface area (Å²) in [6.07, 6.45) is 0. The van der Waals surface area contributed by atoms with Crippen molar-refractivity contribution < 1.29 is 4.74 Å². The maximum Gasteiger partial charge on any atom is 0.131 e. The van der Waals surface area contributed by atoms with Crippen molar-refractivity contribution in [1.29, 1.82) is 0 Å². The topological polar surface area (TPSA) is 9.23 Å². The zero-order valence-electron chi connectivity index (χ0n) is 27.8. The summed E-state index contributed by atoms with van der Waals surface area (Å²) in [7, 11) is 0. The van der Waals surface area contributed by atoms with Crippen LogP contribution in [0.4, 0.5) is 0 Å². The van der Waals surface area contributed by atoms with Gasteiger partial charge < -0.3 is 4.74 Å². The van der Waals surface area contributed by atoms with Crippen molar-refractivity contribution in [3.63, 3.8) is 0 Å². The van der Waals surface area contributed by atoms with Crippen LogP contribution in [-0.2, 0) is 10.8 Å². The number of rotatable bonds is 4. The maximum atomic E-state index is 6.53. The van der Waals surface area contributed by atoms with E-state index in [2.05, 4.69) is 195 Å². The van der Waals surface area contributed by atoms with E-state index in [0.717, 1.165) is 11.5 Å². The molecule has 0 aromatic heterocycles. The molecule has 2 atom stereocenters. The zero-order chi connectivity index (χ0) is 33.3. The van der Waals surface area contributed by atoms with Crippen LogP contribution in [0.3, 0.4) is 0 Å². The van der Waals surface area contributed by atoms with Crippen LogP contribution < -0.4 is 4.74 Å². The fourth-order valence-electron chi connectivity index (χ4n) is 8.86. The van der Waals surface area contributed by atoms with Gasteiger partial charge in [-0.3, -0.25) is 0 Å². The van der Waals surface area contributed by atoms with Crippen LogP contribution in [0.5, 0.6) is 11.5 Å². The highest BCUT2D eigenvalue weighted by molar-refractivity contribution is 5.96. The van der Waals surface area contributed by atoms with Crippen LogP contribution in [0.25, 0.3) is 33.0 Å². The van der Waals surface area contributed by atoms with Gasteiger partial charge in [-0.1, -0.05) is 158 Å². The molecule has 236 valence electrons. The third-order valence-corrected chi connectivity index (χ3v) is 11.3. The quantitative estimate of drug-likeness (QED) is 0.186. The summed E-state index contributed by atoms with van der Waals surface area (Å²) in [5.74, 6) is 1.82. The molecule has 0 N–H and O–H groups in total. The Labute approximate surface area is 293 Å². The fraction of sp³-hybridized carbons (Fsp3) is 0.0612. The molecule has 0 amide bonds. The molecule has 1 nitrogen and oxygen atoms in total. The SMILES string of the molecule is CC1(c2ccccc2)c2ccccc2Oc2ccc(-c3ccc(C4(c5ccccc5)c5ccccc5-c5cc6ccccc6cc54)cc3)cc21. The van der Waals surface area contributed by atoms with Gasteiger partial charge in [0.1, 0.15) is 11.5 Å². The molecule has 0 saturated heterocycles. The lowest BCUT2D eigenvalue weighted by Gasteiger charge is -2.38. The second-order valence-corrected chi connectivity index (χ2v) is 13.8. The molecule has 8 aromatic carbocycles. The first kappa shape index (κ1) is 28.8. The van der Waals surface area contributed by atoms with Gasteiger partial charge in [0, 0.05) is 16.5 Å². The molecule has 0 spiro atoms. The first-order valence-corrected chi connectivity index (χ1v) is 17.4. The monoisotopic (exact) mass is 638 g/mol. The Morgan fingerprint density at radius 3 is 1.68 bits per heavy atom. The number of benzene rings is 8. The molecule has 0 fully saturated rings. The molecule has 1 heterocycles. The zero-order valence-corrected chi connectivity index (χ0v) is 27.8. The molecule has 0 bridgehead atoms. The summed E-state index contributed by atoms with van der Waals surface area (Å²) in [6.45, 7) is 2.33. The second kappa shape index (κ2) is 10.9. The molecular formula is C49H34O.